The Kier molecular flexibility index (Phi) is 4.64. The predicted octanol–water partition coefficient (Wildman–Crippen LogP) is 2.07. The van der Waals surface area contributed by atoms with Crippen molar-refractivity contribution in [3.05, 3.63) is 47.3 Å². The minimum atomic E-state index is 0.108. The van der Waals surface area contributed by atoms with Crippen molar-refractivity contribution < 1.29 is 9.53 Å². The van der Waals surface area contributed by atoms with Gasteiger partial charge in [0.25, 0.3) is 0 Å². The second kappa shape index (κ2) is 6.86. The van der Waals surface area contributed by atoms with E-state index in [9.17, 15) is 4.79 Å². The summed E-state index contributed by atoms with van der Waals surface area (Å²) in [5.74, 6) is 1.44. The molecule has 6 heteroatoms. The first-order chi connectivity index (χ1) is 11.5. The Morgan fingerprint density at radius 2 is 2.08 bits per heavy atom. The van der Waals surface area contributed by atoms with Crippen LogP contribution in [0, 0.1) is 13.8 Å². The molecule has 0 atom stereocenters. The molecule has 0 unspecified atom stereocenters. The lowest BCUT2D eigenvalue weighted by Crippen LogP contribution is -2.49. The van der Waals surface area contributed by atoms with Crippen molar-refractivity contribution in [2.45, 2.75) is 26.2 Å². The zero-order valence-electron chi connectivity index (χ0n) is 14.0. The molecular formula is C18H22N4O2. The van der Waals surface area contributed by atoms with Crippen molar-refractivity contribution in [1.82, 2.24) is 14.9 Å². The van der Waals surface area contributed by atoms with E-state index in [0.29, 0.717) is 26.1 Å². The number of hydrogen-bond acceptors (Lipinski definition) is 5. The first-order valence-corrected chi connectivity index (χ1v) is 8.09. The number of nitrogens with zero attached hydrogens (tertiary/aromatic N) is 3. The Bertz CT molecular complexity index is 742. The van der Waals surface area contributed by atoms with Crippen molar-refractivity contribution in [1.29, 1.82) is 0 Å². The summed E-state index contributed by atoms with van der Waals surface area (Å²) in [7, 11) is 0. The molecule has 126 valence electrons. The summed E-state index contributed by atoms with van der Waals surface area (Å²) in [5.41, 5.74) is 8.91. The van der Waals surface area contributed by atoms with Gasteiger partial charge in [0.15, 0.2) is 0 Å². The molecule has 1 saturated heterocycles. The maximum Gasteiger partial charge on any atom is 0.226 e. The predicted molar refractivity (Wildman–Crippen MR) is 91.8 cm³/mol. The van der Waals surface area contributed by atoms with E-state index >= 15 is 0 Å². The fraction of sp³-hybridized carbons (Fsp3) is 0.389. The van der Waals surface area contributed by atoms with Gasteiger partial charge in [0.2, 0.25) is 11.9 Å². The smallest absolute Gasteiger partial charge is 0.226 e. The van der Waals surface area contributed by atoms with Gasteiger partial charge in [-0.05, 0) is 43.2 Å². The van der Waals surface area contributed by atoms with E-state index in [1.807, 2.05) is 36.1 Å². The van der Waals surface area contributed by atoms with E-state index in [2.05, 4.69) is 16.9 Å². The van der Waals surface area contributed by atoms with Gasteiger partial charge in [0.1, 0.15) is 5.75 Å². The van der Waals surface area contributed by atoms with Gasteiger partial charge in [0.05, 0.1) is 18.7 Å². The summed E-state index contributed by atoms with van der Waals surface area (Å²) in [5, 5.41) is 0. The molecule has 0 aliphatic carbocycles. The molecule has 6 nitrogen and oxygen atoms in total. The first-order valence-electron chi connectivity index (χ1n) is 8.09. The third-order valence-corrected chi connectivity index (χ3v) is 4.41. The summed E-state index contributed by atoms with van der Waals surface area (Å²) in [4.78, 5) is 22.1. The summed E-state index contributed by atoms with van der Waals surface area (Å²) >= 11 is 0. The number of aryl methyl sites for hydroxylation is 2. The van der Waals surface area contributed by atoms with Crippen LogP contribution < -0.4 is 10.5 Å². The van der Waals surface area contributed by atoms with Crippen molar-refractivity contribution in [3.63, 3.8) is 0 Å². The lowest BCUT2D eigenvalue weighted by molar-refractivity contribution is -0.136. The third kappa shape index (κ3) is 3.64. The molecular weight excluding hydrogens is 304 g/mol. The van der Waals surface area contributed by atoms with Gasteiger partial charge in [-0.15, -0.1) is 0 Å². The minimum Gasteiger partial charge on any atom is -0.493 e. The van der Waals surface area contributed by atoms with Gasteiger partial charge < -0.3 is 15.4 Å². The van der Waals surface area contributed by atoms with Gasteiger partial charge in [-0.3, -0.25) is 4.79 Å². The highest BCUT2D eigenvalue weighted by Crippen LogP contribution is 2.26. The van der Waals surface area contributed by atoms with Crippen molar-refractivity contribution in [2.75, 3.05) is 25.4 Å². The average Bonchev–Trinajstić information content (AvgIpc) is 2.49. The van der Waals surface area contributed by atoms with Crippen LogP contribution in [0.5, 0.6) is 5.75 Å². The van der Waals surface area contributed by atoms with Gasteiger partial charge in [-0.2, -0.15) is 0 Å². The van der Waals surface area contributed by atoms with Crippen LogP contribution in [0.1, 0.15) is 29.2 Å². The number of rotatable bonds is 5. The molecule has 0 radical (unpaired) electrons. The van der Waals surface area contributed by atoms with E-state index in [0.717, 1.165) is 11.4 Å². The average molecular weight is 326 g/mol. The van der Waals surface area contributed by atoms with Crippen LogP contribution in [0.3, 0.4) is 0 Å². The molecule has 2 heterocycles. The number of carbonyl (C=O) groups excluding carboxylic acids is 1. The lowest BCUT2D eigenvalue weighted by atomic mass is 9.96. The van der Waals surface area contributed by atoms with E-state index < -0.39 is 0 Å². The Hall–Kier alpha value is -2.63. The largest absolute Gasteiger partial charge is 0.493 e. The summed E-state index contributed by atoms with van der Waals surface area (Å²) < 4.78 is 5.67. The number of nitrogen functional groups attached to an aromatic ring is 1. The monoisotopic (exact) mass is 326 g/mol. The van der Waals surface area contributed by atoms with Crippen LogP contribution in [0.25, 0.3) is 0 Å². The van der Waals surface area contributed by atoms with Gasteiger partial charge >= 0.3 is 0 Å². The molecule has 0 spiro atoms. The van der Waals surface area contributed by atoms with E-state index in [1.165, 1.54) is 11.1 Å². The quantitative estimate of drug-likeness (QED) is 0.909. The number of benzene rings is 1. The van der Waals surface area contributed by atoms with Gasteiger partial charge in [0, 0.05) is 25.2 Å². The number of likely N-dealkylation sites (tertiary alicyclic amines) is 1. The van der Waals surface area contributed by atoms with Crippen LogP contribution in [0.2, 0.25) is 0 Å². The maximum atomic E-state index is 12.2. The van der Waals surface area contributed by atoms with E-state index in [4.69, 9.17) is 10.5 Å². The number of nitrogens with two attached hydrogens (primary N) is 1. The summed E-state index contributed by atoms with van der Waals surface area (Å²) in [6.07, 6.45) is 2.03. The topological polar surface area (TPSA) is 81.3 Å². The fourth-order valence-electron chi connectivity index (χ4n) is 2.70. The van der Waals surface area contributed by atoms with Gasteiger partial charge in [-0.1, -0.05) is 6.07 Å². The molecule has 1 fully saturated rings. The molecule has 1 aliphatic heterocycles. The van der Waals surface area contributed by atoms with Crippen molar-refractivity contribution >= 4 is 11.9 Å². The fourth-order valence-corrected chi connectivity index (χ4v) is 2.70. The summed E-state index contributed by atoms with van der Waals surface area (Å²) in [6, 6.07) is 7.82. The van der Waals surface area contributed by atoms with Crippen LogP contribution in [0.4, 0.5) is 5.95 Å². The second-order valence-corrected chi connectivity index (χ2v) is 6.18. The Morgan fingerprint density at radius 3 is 2.79 bits per heavy atom. The molecule has 3 rings (SSSR count). The first kappa shape index (κ1) is 16.2. The number of amides is 1. The molecule has 2 N–H and O–H groups in total. The van der Waals surface area contributed by atoms with E-state index in [-0.39, 0.29) is 17.8 Å². The van der Waals surface area contributed by atoms with Crippen LogP contribution in [-0.4, -0.2) is 40.5 Å². The van der Waals surface area contributed by atoms with Crippen LogP contribution >= 0.6 is 0 Å². The molecule has 24 heavy (non-hydrogen) atoms. The number of anilines is 1. The molecule has 1 amide bonds. The SMILES string of the molecule is Cc1ccc(OCCC(=O)N2CC(c3ccnc(N)n3)C2)cc1C. The second-order valence-electron chi connectivity index (χ2n) is 6.18. The molecule has 1 aliphatic rings. The highest BCUT2D eigenvalue weighted by molar-refractivity contribution is 5.77. The normalized spacial score (nSPS) is 14.3. The number of ether oxygens (including phenoxy) is 1. The number of aromatic nitrogens is 2. The Labute approximate surface area is 141 Å². The maximum absolute atomic E-state index is 12.2. The molecule has 0 bridgehead atoms. The minimum absolute atomic E-state index is 0.108. The van der Waals surface area contributed by atoms with E-state index in [1.54, 1.807) is 6.20 Å². The molecule has 0 saturated carbocycles. The zero-order chi connectivity index (χ0) is 17.1. The Balaban J connectivity index is 1.43. The van der Waals surface area contributed by atoms with Crippen molar-refractivity contribution in [3.8, 4) is 5.75 Å². The molecule has 1 aromatic carbocycles. The van der Waals surface area contributed by atoms with Gasteiger partial charge in [-0.25, -0.2) is 9.97 Å². The Morgan fingerprint density at radius 1 is 1.29 bits per heavy atom. The summed E-state index contributed by atoms with van der Waals surface area (Å²) in [6.45, 7) is 5.86. The molecule has 1 aromatic heterocycles. The lowest BCUT2D eigenvalue weighted by Gasteiger charge is -2.39. The zero-order valence-corrected chi connectivity index (χ0v) is 14.0. The highest BCUT2D eigenvalue weighted by atomic mass is 16.5. The number of carbonyl (C=O) groups is 1. The molecule has 2 aromatic rings. The van der Waals surface area contributed by atoms with Crippen LogP contribution in [0.15, 0.2) is 30.5 Å². The standard InChI is InChI=1S/C18H22N4O2/c1-12-3-4-15(9-13(12)2)24-8-6-17(23)22-10-14(11-22)16-5-7-20-18(19)21-16/h3-5,7,9,14H,6,8,10-11H2,1-2H3,(H2,19,20,21). The highest BCUT2D eigenvalue weighted by Gasteiger charge is 2.32. The van der Waals surface area contributed by atoms with Crippen LogP contribution in [-0.2, 0) is 4.79 Å². The number of hydrogen-bond donors (Lipinski definition) is 1. The van der Waals surface area contributed by atoms with Crippen molar-refractivity contribution in [2.24, 2.45) is 0 Å². The third-order valence-electron chi connectivity index (χ3n) is 4.41.